The number of rotatable bonds is 6. The fraction of sp³-hybridized carbons (Fsp3) is 0.208. The first-order valence-corrected chi connectivity index (χ1v) is 9.89. The molecule has 0 radical (unpaired) electrons. The van der Waals surface area contributed by atoms with E-state index in [1.165, 1.54) is 20.5 Å². The van der Waals surface area contributed by atoms with Gasteiger partial charge in [0.1, 0.15) is 0 Å². The summed E-state index contributed by atoms with van der Waals surface area (Å²) in [5.74, 6) is 0. The lowest BCUT2D eigenvalue weighted by atomic mass is 10.0. The monoisotopic (exact) mass is 400 g/mol. The Morgan fingerprint density at radius 2 is 1.60 bits per heavy atom. The Kier molecular flexibility index (Phi) is 5.59. The van der Waals surface area contributed by atoms with Gasteiger partial charge < -0.3 is 4.74 Å². The van der Waals surface area contributed by atoms with Gasteiger partial charge in [-0.05, 0) is 52.6 Å². The SMILES string of the molecule is Cc1cccc(-n2nnn(C)c2=O)c1COC(C)c1ccc(-c2ccccc2)cc1. The summed E-state index contributed by atoms with van der Waals surface area (Å²) in [6, 6.07) is 24.5. The molecule has 0 saturated carbocycles. The van der Waals surface area contributed by atoms with Crippen molar-refractivity contribution in [1.29, 1.82) is 0 Å². The van der Waals surface area contributed by atoms with Gasteiger partial charge in [-0.3, -0.25) is 0 Å². The lowest BCUT2D eigenvalue weighted by Gasteiger charge is -2.17. The lowest BCUT2D eigenvalue weighted by Crippen LogP contribution is -2.23. The van der Waals surface area contributed by atoms with Crippen LogP contribution in [0.3, 0.4) is 0 Å². The Morgan fingerprint density at radius 1 is 0.900 bits per heavy atom. The molecule has 0 bridgehead atoms. The number of aromatic nitrogens is 4. The van der Waals surface area contributed by atoms with E-state index in [2.05, 4.69) is 46.8 Å². The average Bonchev–Trinajstić information content (AvgIpc) is 3.11. The summed E-state index contributed by atoms with van der Waals surface area (Å²) in [6.07, 6.45) is -0.0964. The van der Waals surface area contributed by atoms with Crippen molar-refractivity contribution in [3.05, 3.63) is 100.0 Å². The quantitative estimate of drug-likeness (QED) is 0.486. The van der Waals surface area contributed by atoms with Gasteiger partial charge in [-0.1, -0.05) is 66.7 Å². The summed E-state index contributed by atoms with van der Waals surface area (Å²) in [7, 11) is 1.58. The molecular formula is C24H24N4O2. The highest BCUT2D eigenvalue weighted by Crippen LogP contribution is 2.25. The highest BCUT2D eigenvalue weighted by Gasteiger charge is 2.15. The standard InChI is InChI=1S/C24H24N4O2/c1-17-8-7-11-23(28-24(29)27(3)25-26-28)22(17)16-30-18(2)19-12-14-21(15-13-19)20-9-5-4-6-10-20/h4-15,18H,16H2,1-3H3. The third-order valence-corrected chi connectivity index (χ3v) is 5.30. The number of aryl methyl sites for hydroxylation is 2. The summed E-state index contributed by atoms with van der Waals surface area (Å²) in [4.78, 5) is 12.3. The highest BCUT2D eigenvalue weighted by atomic mass is 16.5. The van der Waals surface area contributed by atoms with Gasteiger partial charge in [-0.25, -0.2) is 4.79 Å². The van der Waals surface area contributed by atoms with E-state index in [1.54, 1.807) is 7.05 Å². The smallest absolute Gasteiger partial charge is 0.368 e. The maximum atomic E-state index is 12.3. The lowest BCUT2D eigenvalue weighted by molar-refractivity contribution is 0.0522. The van der Waals surface area contributed by atoms with E-state index in [1.807, 2.05) is 50.2 Å². The van der Waals surface area contributed by atoms with Crippen LogP contribution in [0.2, 0.25) is 0 Å². The van der Waals surface area contributed by atoms with Crippen LogP contribution in [0.1, 0.15) is 29.7 Å². The average molecular weight is 400 g/mol. The normalized spacial score (nSPS) is 12.1. The molecule has 0 spiro atoms. The predicted octanol–water partition coefficient (Wildman–Crippen LogP) is 4.22. The van der Waals surface area contributed by atoms with Gasteiger partial charge in [-0.2, -0.15) is 9.36 Å². The Morgan fingerprint density at radius 3 is 2.27 bits per heavy atom. The Bertz CT molecular complexity index is 1190. The zero-order valence-electron chi connectivity index (χ0n) is 17.3. The number of ether oxygens (including phenoxy) is 1. The summed E-state index contributed by atoms with van der Waals surface area (Å²) in [6.45, 7) is 4.40. The van der Waals surface area contributed by atoms with Gasteiger partial charge >= 0.3 is 5.69 Å². The van der Waals surface area contributed by atoms with E-state index in [0.29, 0.717) is 12.3 Å². The van der Waals surface area contributed by atoms with E-state index in [9.17, 15) is 4.79 Å². The Balaban J connectivity index is 1.53. The Hall–Kier alpha value is -3.51. The second kappa shape index (κ2) is 8.47. The second-order valence-corrected chi connectivity index (χ2v) is 7.31. The van der Waals surface area contributed by atoms with Crippen LogP contribution < -0.4 is 5.69 Å². The van der Waals surface area contributed by atoms with E-state index in [0.717, 1.165) is 16.7 Å². The summed E-state index contributed by atoms with van der Waals surface area (Å²) in [5, 5.41) is 7.79. The molecule has 0 aliphatic rings. The third kappa shape index (κ3) is 3.95. The van der Waals surface area contributed by atoms with Crippen LogP contribution in [0.4, 0.5) is 0 Å². The first-order valence-electron chi connectivity index (χ1n) is 9.89. The minimum absolute atomic E-state index is 0.0964. The molecule has 4 rings (SSSR count). The number of hydrogen-bond donors (Lipinski definition) is 0. The minimum Gasteiger partial charge on any atom is -0.369 e. The molecule has 0 amide bonds. The maximum absolute atomic E-state index is 12.3. The van der Waals surface area contributed by atoms with Crippen molar-refractivity contribution in [1.82, 2.24) is 19.8 Å². The van der Waals surface area contributed by atoms with E-state index < -0.39 is 0 Å². The topological polar surface area (TPSA) is 61.9 Å². The molecule has 1 atom stereocenters. The molecule has 0 aliphatic carbocycles. The molecule has 1 unspecified atom stereocenters. The number of nitrogens with zero attached hydrogens (tertiary/aromatic N) is 4. The summed E-state index contributed by atoms with van der Waals surface area (Å²) < 4.78 is 8.70. The van der Waals surface area contributed by atoms with Gasteiger partial charge in [-0.15, -0.1) is 0 Å². The van der Waals surface area contributed by atoms with Crippen molar-refractivity contribution < 1.29 is 4.74 Å². The molecule has 0 N–H and O–H groups in total. The molecule has 0 aliphatic heterocycles. The molecular weight excluding hydrogens is 376 g/mol. The maximum Gasteiger partial charge on any atom is 0.368 e. The van der Waals surface area contributed by atoms with Crippen LogP contribution in [-0.2, 0) is 18.4 Å². The van der Waals surface area contributed by atoms with Crippen LogP contribution in [0.15, 0.2) is 77.6 Å². The zero-order chi connectivity index (χ0) is 21.1. The first-order chi connectivity index (χ1) is 14.5. The highest BCUT2D eigenvalue weighted by molar-refractivity contribution is 5.63. The summed E-state index contributed by atoms with van der Waals surface area (Å²) >= 11 is 0. The van der Waals surface area contributed by atoms with Gasteiger partial charge in [0.25, 0.3) is 0 Å². The van der Waals surface area contributed by atoms with Crippen LogP contribution >= 0.6 is 0 Å². The van der Waals surface area contributed by atoms with E-state index in [4.69, 9.17) is 4.74 Å². The van der Waals surface area contributed by atoms with Crippen molar-refractivity contribution in [2.45, 2.75) is 26.6 Å². The predicted molar refractivity (Wildman–Crippen MR) is 116 cm³/mol. The molecule has 1 aromatic heterocycles. The molecule has 0 saturated heterocycles. The number of tetrazole rings is 1. The summed E-state index contributed by atoms with van der Waals surface area (Å²) in [5.41, 5.74) is 5.84. The van der Waals surface area contributed by atoms with E-state index >= 15 is 0 Å². The van der Waals surface area contributed by atoms with Gasteiger partial charge in [0.15, 0.2) is 0 Å². The molecule has 152 valence electrons. The molecule has 1 heterocycles. The van der Waals surface area contributed by atoms with Crippen molar-refractivity contribution >= 4 is 0 Å². The Labute approximate surface area is 175 Å². The molecule has 0 fully saturated rings. The van der Waals surface area contributed by atoms with Gasteiger partial charge in [0.2, 0.25) is 0 Å². The van der Waals surface area contributed by atoms with E-state index in [-0.39, 0.29) is 11.8 Å². The minimum atomic E-state index is -0.286. The molecule has 4 aromatic rings. The zero-order valence-corrected chi connectivity index (χ0v) is 17.3. The third-order valence-electron chi connectivity index (χ3n) is 5.30. The van der Waals surface area contributed by atoms with Crippen molar-refractivity contribution in [2.75, 3.05) is 0 Å². The van der Waals surface area contributed by atoms with Crippen LogP contribution in [0.25, 0.3) is 16.8 Å². The largest absolute Gasteiger partial charge is 0.369 e. The van der Waals surface area contributed by atoms with Crippen molar-refractivity contribution in [3.63, 3.8) is 0 Å². The molecule has 6 nitrogen and oxygen atoms in total. The number of hydrogen-bond acceptors (Lipinski definition) is 4. The van der Waals surface area contributed by atoms with Gasteiger partial charge in [0.05, 0.1) is 18.4 Å². The fourth-order valence-corrected chi connectivity index (χ4v) is 3.42. The van der Waals surface area contributed by atoms with Crippen molar-refractivity contribution in [2.24, 2.45) is 7.05 Å². The molecule has 6 heteroatoms. The second-order valence-electron chi connectivity index (χ2n) is 7.31. The molecule has 3 aromatic carbocycles. The number of benzene rings is 3. The molecule has 30 heavy (non-hydrogen) atoms. The van der Waals surface area contributed by atoms with Crippen molar-refractivity contribution in [3.8, 4) is 16.8 Å². The van der Waals surface area contributed by atoms with Gasteiger partial charge in [0, 0.05) is 12.6 Å². The fourth-order valence-electron chi connectivity index (χ4n) is 3.42. The van der Waals surface area contributed by atoms with Crippen LogP contribution in [0.5, 0.6) is 0 Å². The first kappa shape index (κ1) is 19.8. The van der Waals surface area contributed by atoms with Crippen LogP contribution in [-0.4, -0.2) is 19.8 Å². The van der Waals surface area contributed by atoms with Crippen LogP contribution in [0, 0.1) is 6.92 Å².